The summed E-state index contributed by atoms with van der Waals surface area (Å²) in [7, 11) is 3.57. The zero-order valence-electron chi connectivity index (χ0n) is 19.6. The van der Waals surface area contributed by atoms with Gasteiger partial charge in [-0.15, -0.1) is 13.2 Å². The number of aryl methyl sites for hydroxylation is 1. The van der Waals surface area contributed by atoms with E-state index in [-0.39, 0.29) is 16.4 Å². The van der Waals surface area contributed by atoms with Gasteiger partial charge in [0.2, 0.25) is 0 Å². The van der Waals surface area contributed by atoms with E-state index in [1.165, 1.54) is 24.4 Å². The van der Waals surface area contributed by atoms with E-state index in [1.807, 2.05) is 7.05 Å². The molecule has 1 heterocycles. The van der Waals surface area contributed by atoms with Gasteiger partial charge in [-0.25, -0.2) is 0 Å². The predicted molar refractivity (Wildman–Crippen MR) is 132 cm³/mol. The van der Waals surface area contributed by atoms with E-state index in [0.717, 1.165) is 32.2 Å². The minimum Gasteiger partial charge on any atom is -0.406 e. The van der Waals surface area contributed by atoms with Gasteiger partial charge in [0.05, 0.1) is 16.2 Å². The van der Waals surface area contributed by atoms with Gasteiger partial charge in [-0.3, -0.25) is 0 Å². The molecule has 34 heavy (non-hydrogen) atoms. The summed E-state index contributed by atoms with van der Waals surface area (Å²) in [5, 5.41) is 15.5. The Labute approximate surface area is 208 Å². The van der Waals surface area contributed by atoms with E-state index in [9.17, 15) is 18.3 Å². The molecule has 2 aromatic rings. The highest BCUT2D eigenvalue weighted by molar-refractivity contribution is 6.35. The lowest BCUT2D eigenvalue weighted by molar-refractivity contribution is -0.274. The molecule has 5 nitrogen and oxygen atoms in total. The van der Waals surface area contributed by atoms with Crippen molar-refractivity contribution >= 4 is 34.1 Å². The first-order valence-corrected chi connectivity index (χ1v) is 11.9. The Morgan fingerprint density at radius 2 is 1.97 bits per heavy atom. The summed E-state index contributed by atoms with van der Waals surface area (Å²) in [6, 6.07) is 5.66. The van der Waals surface area contributed by atoms with Crippen LogP contribution in [-0.4, -0.2) is 29.6 Å². The molecule has 0 aliphatic rings. The lowest BCUT2D eigenvalue weighted by Crippen LogP contribution is -2.17. The monoisotopic (exact) mass is 521 g/mol. The second-order valence-electron chi connectivity index (χ2n) is 8.19. The molecule has 2 unspecified atom stereocenters. The predicted octanol–water partition coefficient (Wildman–Crippen LogP) is 6.45. The van der Waals surface area contributed by atoms with Crippen LogP contribution in [-0.2, 0) is 7.05 Å². The van der Waals surface area contributed by atoms with Crippen LogP contribution in [0.3, 0.4) is 0 Å². The highest BCUT2D eigenvalue weighted by Gasteiger charge is 2.31. The Hall–Kier alpha value is -1.87. The number of nitrogens with zero attached hydrogens (tertiary/aromatic N) is 1. The average Bonchev–Trinajstić information content (AvgIpc) is 3.10. The number of nitrogens with one attached hydrogen (secondary N) is 1. The van der Waals surface area contributed by atoms with Crippen molar-refractivity contribution < 1.29 is 23.0 Å². The molecule has 0 radical (unpaired) electrons. The molecular weight excluding hydrogens is 490 g/mol. The van der Waals surface area contributed by atoms with Crippen molar-refractivity contribution in [2.45, 2.75) is 51.5 Å². The Kier molecular flexibility index (Phi) is 10.6. The minimum atomic E-state index is -4.80. The van der Waals surface area contributed by atoms with Gasteiger partial charge in [-0.2, -0.15) is 0 Å². The van der Waals surface area contributed by atoms with E-state index in [4.69, 9.17) is 28.9 Å². The molecule has 2 atom stereocenters. The lowest BCUT2D eigenvalue weighted by Gasteiger charge is -2.19. The molecule has 1 aromatic heterocycles. The molecule has 1 aromatic carbocycles. The molecule has 2 rings (SSSR count). The third-order valence-corrected chi connectivity index (χ3v) is 6.65. The number of rotatable bonds is 12. The molecule has 0 fully saturated rings. The Morgan fingerprint density at radius 1 is 1.26 bits per heavy atom. The molecular formula is C24H32Cl2F3N3O2. The Morgan fingerprint density at radius 3 is 2.56 bits per heavy atom. The lowest BCUT2D eigenvalue weighted by atomic mass is 9.94. The van der Waals surface area contributed by atoms with Gasteiger partial charge >= 0.3 is 6.36 Å². The zero-order valence-corrected chi connectivity index (χ0v) is 21.1. The maximum Gasteiger partial charge on any atom is 0.573 e. The number of fused-ring (bicyclic) bond motifs is 1. The topological polar surface area (TPSA) is 72.4 Å². The number of aliphatic hydroxyl groups is 1. The van der Waals surface area contributed by atoms with Crippen molar-refractivity contribution in [1.82, 2.24) is 9.88 Å². The van der Waals surface area contributed by atoms with Crippen LogP contribution in [0, 0.1) is 5.92 Å². The second kappa shape index (κ2) is 12.7. The second-order valence-corrected chi connectivity index (χ2v) is 9.05. The number of ether oxygens (including phenoxy) is 1. The molecule has 0 aliphatic heterocycles. The summed E-state index contributed by atoms with van der Waals surface area (Å²) in [5.74, 6) is 0.219. The Bertz CT molecular complexity index is 1020. The number of hydrogen-bond acceptors (Lipinski definition) is 4. The summed E-state index contributed by atoms with van der Waals surface area (Å²) in [6.45, 7) is 3.11. The van der Waals surface area contributed by atoms with Crippen molar-refractivity contribution in [3.8, 4) is 5.75 Å². The molecule has 0 saturated heterocycles. The van der Waals surface area contributed by atoms with Crippen molar-refractivity contribution in [3.63, 3.8) is 0 Å². The number of halogens is 5. The van der Waals surface area contributed by atoms with Crippen molar-refractivity contribution in [2.24, 2.45) is 18.7 Å². The summed E-state index contributed by atoms with van der Waals surface area (Å²) < 4.78 is 43.4. The first kappa shape index (κ1) is 28.4. The highest BCUT2D eigenvalue weighted by Crippen LogP contribution is 2.38. The third-order valence-electron chi connectivity index (χ3n) is 5.93. The number of hydrogen-bond donors (Lipinski definition) is 3. The molecule has 0 bridgehead atoms. The van der Waals surface area contributed by atoms with Crippen LogP contribution in [0.1, 0.15) is 50.8 Å². The number of aliphatic hydroxyl groups excluding tert-OH is 1. The van der Waals surface area contributed by atoms with Crippen LogP contribution in [0.15, 0.2) is 46.1 Å². The van der Waals surface area contributed by atoms with Gasteiger partial charge in [0.15, 0.2) is 0 Å². The number of alkyl halides is 3. The summed E-state index contributed by atoms with van der Waals surface area (Å²) in [4.78, 5) is 0. The van der Waals surface area contributed by atoms with Gasteiger partial charge in [0.25, 0.3) is 0 Å². The maximum atomic E-state index is 12.6. The van der Waals surface area contributed by atoms with Crippen LogP contribution >= 0.6 is 23.2 Å². The normalized spacial score (nSPS) is 15.4. The molecule has 0 spiro atoms. The largest absolute Gasteiger partial charge is 0.573 e. The summed E-state index contributed by atoms with van der Waals surface area (Å²) in [5.41, 5.74) is 6.78. The van der Waals surface area contributed by atoms with Crippen LogP contribution in [0.5, 0.6) is 5.75 Å². The van der Waals surface area contributed by atoms with E-state index < -0.39 is 12.5 Å². The zero-order chi connectivity index (χ0) is 25.5. The molecule has 0 amide bonds. The molecule has 0 saturated carbocycles. The van der Waals surface area contributed by atoms with Gasteiger partial charge in [-0.1, -0.05) is 43.0 Å². The standard InChI is InChI=1S/C24H32Cl2F3N3O2/c1-4-15(10-11-31-2)6-5-7-18(25)22(19(26)14-30)23(33)21-12-16-8-9-17(34-24(27,28)29)13-20(16)32(21)3/h8-9,12-15,23,31,33H,4-7,10-11,30H2,1-3H3/b19-14+,22-18-. The van der Waals surface area contributed by atoms with E-state index in [2.05, 4.69) is 17.0 Å². The van der Waals surface area contributed by atoms with Crippen LogP contribution in [0.2, 0.25) is 0 Å². The third kappa shape index (κ3) is 7.57. The smallest absolute Gasteiger partial charge is 0.406 e. The van der Waals surface area contributed by atoms with Crippen LogP contribution < -0.4 is 15.8 Å². The van der Waals surface area contributed by atoms with Gasteiger partial charge in [-0.05, 0) is 57.0 Å². The molecule has 0 aliphatic carbocycles. The number of benzene rings is 1. The fourth-order valence-electron chi connectivity index (χ4n) is 4.02. The number of nitrogens with two attached hydrogens (primary N) is 1. The summed E-state index contributed by atoms with van der Waals surface area (Å²) >= 11 is 12.9. The molecule has 10 heteroatoms. The Balaban J connectivity index is 2.32. The maximum absolute atomic E-state index is 12.6. The fraction of sp³-hybridized carbons (Fsp3) is 0.500. The number of allylic oxidation sites excluding steroid dienone is 1. The highest BCUT2D eigenvalue weighted by atomic mass is 35.5. The summed E-state index contributed by atoms with van der Waals surface area (Å²) in [6.07, 6.45) is -0.397. The van der Waals surface area contributed by atoms with Gasteiger partial charge in [0, 0.05) is 35.3 Å². The van der Waals surface area contributed by atoms with Gasteiger partial charge in [0.1, 0.15) is 11.9 Å². The molecule has 190 valence electrons. The van der Waals surface area contributed by atoms with E-state index in [0.29, 0.717) is 34.0 Å². The van der Waals surface area contributed by atoms with Crippen molar-refractivity contribution in [3.05, 3.63) is 51.8 Å². The van der Waals surface area contributed by atoms with Crippen molar-refractivity contribution in [2.75, 3.05) is 13.6 Å². The fourth-order valence-corrected chi connectivity index (χ4v) is 4.62. The van der Waals surface area contributed by atoms with E-state index in [1.54, 1.807) is 17.7 Å². The first-order valence-electron chi connectivity index (χ1n) is 11.2. The average molecular weight is 522 g/mol. The molecule has 4 N–H and O–H groups in total. The number of aromatic nitrogens is 1. The van der Waals surface area contributed by atoms with E-state index >= 15 is 0 Å². The first-order chi connectivity index (χ1) is 16.0. The SMILES string of the molecule is CCC(CCC/C(Cl)=C(\C(Cl)=C/N)C(O)c1cc2ccc(OC(F)(F)F)cc2n1C)CCNC. The van der Waals surface area contributed by atoms with Crippen molar-refractivity contribution in [1.29, 1.82) is 0 Å². The van der Waals surface area contributed by atoms with Crippen LogP contribution in [0.4, 0.5) is 13.2 Å². The quantitative estimate of drug-likeness (QED) is 0.280. The van der Waals surface area contributed by atoms with Crippen LogP contribution in [0.25, 0.3) is 10.9 Å². The van der Waals surface area contributed by atoms with Gasteiger partial charge < -0.3 is 25.5 Å². The minimum absolute atomic E-state index is 0.117.